The molecular formula is C13H5Cl4F3. The fourth-order valence-corrected chi connectivity index (χ4v) is 2.53. The predicted octanol–water partition coefficient (Wildman–Crippen LogP) is 6.99. The van der Waals surface area contributed by atoms with Gasteiger partial charge in [0.2, 0.25) is 0 Å². The SMILES string of the molecule is FC(F)(F)c1cc(Cl)ccc1-c1ccc(Cl)c(Cl)c1Cl. The Morgan fingerprint density at radius 1 is 0.750 bits per heavy atom. The molecule has 0 unspecified atom stereocenters. The molecule has 106 valence electrons. The van der Waals surface area contributed by atoms with Gasteiger partial charge in [0.1, 0.15) is 0 Å². The van der Waals surface area contributed by atoms with Gasteiger partial charge in [0.05, 0.1) is 20.6 Å². The van der Waals surface area contributed by atoms with E-state index in [1.54, 1.807) is 0 Å². The number of hydrogen-bond acceptors (Lipinski definition) is 0. The number of rotatable bonds is 1. The zero-order valence-corrected chi connectivity index (χ0v) is 12.6. The number of hydrogen-bond donors (Lipinski definition) is 0. The third-order valence-electron chi connectivity index (χ3n) is 2.61. The quantitative estimate of drug-likeness (QED) is 0.481. The molecule has 0 saturated heterocycles. The summed E-state index contributed by atoms with van der Waals surface area (Å²) in [5.74, 6) is 0. The molecule has 0 nitrogen and oxygen atoms in total. The highest BCUT2D eigenvalue weighted by Crippen LogP contribution is 2.43. The molecule has 7 heteroatoms. The van der Waals surface area contributed by atoms with Crippen LogP contribution in [-0.2, 0) is 6.18 Å². The lowest BCUT2D eigenvalue weighted by atomic mass is 9.99. The molecule has 0 aliphatic carbocycles. The van der Waals surface area contributed by atoms with E-state index in [0.29, 0.717) is 0 Å². The average molecular weight is 360 g/mol. The highest BCUT2D eigenvalue weighted by atomic mass is 35.5. The maximum atomic E-state index is 13.1. The third kappa shape index (κ3) is 3.01. The van der Waals surface area contributed by atoms with E-state index in [-0.39, 0.29) is 31.2 Å². The lowest BCUT2D eigenvalue weighted by molar-refractivity contribution is -0.137. The average Bonchev–Trinajstić information content (AvgIpc) is 2.36. The van der Waals surface area contributed by atoms with E-state index in [9.17, 15) is 13.2 Å². The summed E-state index contributed by atoms with van der Waals surface area (Å²) in [4.78, 5) is 0. The lowest BCUT2D eigenvalue weighted by Gasteiger charge is -2.15. The Bertz CT molecular complexity index is 665. The van der Waals surface area contributed by atoms with Crippen LogP contribution in [0.5, 0.6) is 0 Å². The Hall–Kier alpha value is -0.610. The zero-order chi connectivity index (χ0) is 15.1. The second kappa shape index (κ2) is 5.64. The minimum atomic E-state index is -4.56. The van der Waals surface area contributed by atoms with Crippen molar-refractivity contribution in [2.24, 2.45) is 0 Å². The van der Waals surface area contributed by atoms with E-state index >= 15 is 0 Å². The highest BCUT2D eigenvalue weighted by molar-refractivity contribution is 6.49. The van der Waals surface area contributed by atoms with Gasteiger partial charge < -0.3 is 0 Å². The summed E-state index contributed by atoms with van der Waals surface area (Å²) in [5, 5.41) is 0.126. The van der Waals surface area contributed by atoms with Crippen molar-refractivity contribution in [2.75, 3.05) is 0 Å². The molecule has 2 aromatic rings. The molecule has 0 N–H and O–H groups in total. The van der Waals surface area contributed by atoms with Gasteiger partial charge >= 0.3 is 6.18 Å². The van der Waals surface area contributed by atoms with Crippen molar-refractivity contribution in [3.8, 4) is 11.1 Å². The van der Waals surface area contributed by atoms with Crippen molar-refractivity contribution in [1.82, 2.24) is 0 Å². The van der Waals surface area contributed by atoms with Crippen molar-refractivity contribution >= 4 is 46.4 Å². The highest BCUT2D eigenvalue weighted by Gasteiger charge is 2.34. The van der Waals surface area contributed by atoms with Crippen LogP contribution in [-0.4, -0.2) is 0 Å². The minimum Gasteiger partial charge on any atom is -0.166 e. The molecular weight excluding hydrogens is 355 g/mol. The molecule has 0 heterocycles. The van der Waals surface area contributed by atoms with Crippen LogP contribution >= 0.6 is 46.4 Å². The van der Waals surface area contributed by atoms with Gasteiger partial charge in [0.15, 0.2) is 0 Å². The maximum absolute atomic E-state index is 13.1. The minimum absolute atomic E-state index is 0.00825. The first-order chi connectivity index (χ1) is 9.21. The first-order valence-corrected chi connectivity index (χ1v) is 6.73. The standard InChI is InChI=1S/C13H5Cl4F3/c14-6-1-2-7(9(5-6)13(18,19)20)8-3-4-10(15)12(17)11(8)16/h1-5H. The van der Waals surface area contributed by atoms with Crippen molar-refractivity contribution < 1.29 is 13.2 Å². The second-order valence-corrected chi connectivity index (χ2v) is 5.51. The van der Waals surface area contributed by atoms with Crippen molar-refractivity contribution in [1.29, 1.82) is 0 Å². The van der Waals surface area contributed by atoms with E-state index in [2.05, 4.69) is 0 Å². The van der Waals surface area contributed by atoms with Crippen molar-refractivity contribution in [3.63, 3.8) is 0 Å². The van der Waals surface area contributed by atoms with Crippen LogP contribution in [0.2, 0.25) is 20.1 Å². The van der Waals surface area contributed by atoms with E-state index in [0.717, 1.165) is 6.07 Å². The molecule has 0 aromatic heterocycles. The first kappa shape index (κ1) is 15.8. The maximum Gasteiger partial charge on any atom is 0.417 e. The summed E-state index contributed by atoms with van der Waals surface area (Å²) in [6, 6.07) is 6.21. The zero-order valence-electron chi connectivity index (χ0n) is 9.53. The number of alkyl halides is 3. The van der Waals surface area contributed by atoms with Gasteiger partial charge in [-0.1, -0.05) is 58.5 Å². The van der Waals surface area contributed by atoms with E-state index in [4.69, 9.17) is 46.4 Å². The van der Waals surface area contributed by atoms with Gasteiger partial charge in [-0.3, -0.25) is 0 Å². The molecule has 0 saturated carbocycles. The fourth-order valence-electron chi connectivity index (χ4n) is 1.72. The van der Waals surface area contributed by atoms with Gasteiger partial charge in [-0.2, -0.15) is 13.2 Å². The van der Waals surface area contributed by atoms with Crippen LogP contribution in [0.15, 0.2) is 30.3 Å². The summed E-state index contributed by atoms with van der Waals surface area (Å²) in [7, 11) is 0. The van der Waals surface area contributed by atoms with Gasteiger partial charge in [-0.15, -0.1) is 0 Å². The largest absolute Gasteiger partial charge is 0.417 e. The number of halogens is 7. The van der Waals surface area contributed by atoms with Gasteiger partial charge in [0.25, 0.3) is 0 Å². The fraction of sp³-hybridized carbons (Fsp3) is 0.0769. The summed E-state index contributed by atoms with van der Waals surface area (Å²) in [5.41, 5.74) is -0.846. The Labute approximate surface area is 133 Å². The lowest BCUT2D eigenvalue weighted by Crippen LogP contribution is -2.07. The van der Waals surface area contributed by atoms with Crippen molar-refractivity contribution in [2.45, 2.75) is 6.18 Å². The Kier molecular flexibility index (Phi) is 4.45. The summed E-state index contributed by atoms with van der Waals surface area (Å²) < 4.78 is 39.2. The van der Waals surface area contributed by atoms with Gasteiger partial charge in [0, 0.05) is 10.6 Å². The Balaban J connectivity index is 2.74. The third-order valence-corrected chi connectivity index (χ3v) is 4.14. The molecule has 0 fully saturated rings. The van der Waals surface area contributed by atoms with Crippen molar-refractivity contribution in [3.05, 3.63) is 56.0 Å². The molecule has 0 radical (unpaired) electrons. The predicted molar refractivity (Wildman–Crippen MR) is 76.9 cm³/mol. The molecule has 0 atom stereocenters. The number of benzene rings is 2. The molecule has 0 spiro atoms. The molecule has 2 aromatic carbocycles. The normalized spacial score (nSPS) is 11.8. The van der Waals surface area contributed by atoms with E-state index in [1.165, 1.54) is 24.3 Å². The summed E-state index contributed by atoms with van der Waals surface area (Å²) >= 11 is 23.2. The second-order valence-electron chi connectivity index (χ2n) is 3.91. The summed E-state index contributed by atoms with van der Waals surface area (Å²) in [6.07, 6.45) is -4.56. The molecule has 20 heavy (non-hydrogen) atoms. The van der Waals surface area contributed by atoms with Crippen LogP contribution < -0.4 is 0 Å². The van der Waals surface area contributed by atoms with Crippen LogP contribution in [0, 0.1) is 0 Å². The van der Waals surface area contributed by atoms with Gasteiger partial charge in [-0.25, -0.2) is 0 Å². The van der Waals surface area contributed by atoms with Crippen LogP contribution in [0.1, 0.15) is 5.56 Å². The molecule has 0 bridgehead atoms. The smallest absolute Gasteiger partial charge is 0.166 e. The first-order valence-electron chi connectivity index (χ1n) is 5.22. The van der Waals surface area contributed by atoms with Gasteiger partial charge in [-0.05, 0) is 23.8 Å². The van der Waals surface area contributed by atoms with E-state index < -0.39 is 11.7 Å². The monoisotopic (exact) mass is 358 g/mol. The summed E-state index contributed by atoms with van der Waals surface area (Å²) in [6.45, 7) is 0. The topological polar surface area (TPSA) is 0 Å². The molecule has 0 amide bonds. The van der Waals surface area contributed by atoms with E-state index in [1.807, 2.05) is 0 Å². The molecule has 0 aliphatic rings. The van der Waals surface area contributed by atoms with Crippen LogP contribution in [0.25, 0.3) is 11.1 Å². The van der Waals surface area contributed by atoms with Crippen LogP contribution in [0.4, 0.5) is 13.2 Å². The Morgan fingerprint density at radius 3 is 1.95 bits per heavy atom. The van der Waals surface area contributed by atoms with Crippen LogP contribution in [0.3, 0.4) is 0 Å². The Morgan fingerprint density at radius 2 is 1.35 bits per heavy atom. The molecule has 2 rings (SSSR count). The molecule has 0 aliphatic heterocycles.